The van der Waals surface area contributed by atoms with Gasteiger partial charge in [-0.3, -0.25) is 4.90 Å². The Morgan fingerprint density at radius 2 is 2.00 bits per heavy atom. The van der Waals surface area contributed by atoms with Crippen molar-refractivity contribution in [3.8, 4) is 0 Å². The quantitative estimate of drug-likeness (QED) is 0.814. The average Bonchev–Trinajstić information content (AvgIpc) is 2.34. The molecule has 3 nitrogen and oxygen atoms in total. The van der Waals surface area contributed by atoms with E-state index in [2.05, 4.69) is 44.5 Å². The van der Waals surface area contributed by atoms with Crippen LogP contribution in [0.5, 0.6) is 0 Å². The third kappa shape index (κ3) is 4.23. The molecule has 1 saturated heterocycles. The molecule has 0 aromatic rings. The lowest BCUT2D eigenvalue weighted by atomic mass is 9.95. The van der Waals surface area contributed by atoms with Gasteiger partial charge in [0.2, 0.25) is 0 Å². The maximum Gasteiger partial charge on any atom is 0.0599 e. The first-order valence-corrected chi connectivity index (χ1v) is 6.93. The predicted octanol–water partition coefficient (Wildman–Crippen LogP) is 1.81. The normalized spacial score (nSPS) is 27.4. The van der Waals surface area contributed by atoms with Crippen LogP contribution >= 0.6 is 0 Å². The molecular weight excluding hydrogens is 212 g/mol. The minimum absolute atomic E-state index is 0.201. The molecule has 1 aliphatic rings. The van der Waals surface area contributed by atoms with Crippen LogP contribution in [-0.2, 0) is 0 Å². The summed E-state index contributed by atoms with van der Waals surface area (Å²) in [5, 5.41) is 9.63. The van der Waals surface area contributed by atoms with Crippen molar-refractivity contribution in [3.63, 3.8) is 0 Å². The fourth-order valence-corrected chi connectivity index (χ4v) is 2.69. The summed E-state index contributed by atoms with van der Waals surface area (Å²) in [5.74, 6) is 0.728. The molecule has 1 fully saturated rings. The highest BCUT2D eigenvalue weighted by Gasteiger charge is 2.35. The third-order valence-corrected chi connectivity index (χ3v) is 4.00. The van der Waals surface area contributed by atoms with Crippen molar-refractivity contribution in [2.75, 3.05) is 33.3 Å². The van der Waals surface area contributed by atoms with Gasteiger partial charge in [0.15, 0.2) is 0 Å². The molecule has 1 N–H and O–H groups in total. The van der Waals surface area contributed by atoms with E-state index in [1.165, 1.54) is 12.8 Å². The smallest absolute Gasteiger partial charge is 0.0599 e. The van der Waals surface area contributed by atoms with Crippen LogP contribution in [0.3, 0.4) is 0 Å². The standard InChI is InChI=1S/C14H30N2O/c1-12(2)6-8-16-13(11-17)10-15(5)9-7-14(16,3)4/h12-13,17H,6-11H2,1-5H3. The van der Waals surface area contributed by atoms with Gasteiger partial charge in [0.1, 0.15) is 0 Å². The summed E-state index contributed by atoms with van der Waals surface area (Å²) in [5.41, 5.74) is 0.201. The lowest BCUT2D eigenvalue weighted by Gasteiger charge is -2.41. The predicted molar refractivity (Wildman–Crippen MR) is 73.2 cm³/mol. The summed E-state index contributed by atoms with van der Waals surface area (Å²) in [4.78, 5) is 4.87. The van der Waals surface area contributed by atoms with Gasteiger partial charge in [-0.05, 0) is 52.7 Å². The average molecular weight is 242 g/mol. The van der Waals surface area contributed by atoms with Crippen molar-refractivity contribution in [2.45, 2.75) is 52.1 Å². The van der Waals surface area contributed by atoms with Crippen LogP contribution < -0.4 is 0 Å². The molecule has 0 amide bonds. The van der Waals surface area contributed by atoms with Crippen LogP contribution in [-0.4, -0.2) is 59.8 Å². The minimum Gasteiger partial charge on any atom is -0.395 e. The molecule has 0 spiro atoms. The maximum atomic E-state index is 9.63. The molecule has 1 unspecified atom stereocenters. The zero-order chi connectivity index (χ0) is 13.1. The lowest BCUT2D eigenvalue weighted by molar-refractivity contribution is 0.0379. The number of nitrogens with zero attached hydrogens (tertiary/aromatic N) is 2. The first-order chi connectivity index (χ1) is 7.86. The van der Waals surface area contributed by atoms with Crippen molar-refractivity contribution < 1.29 is 5.11 Å². The van der Waals surface area contributed by atoms with Gasteiger partial charge in [-0.25, -0.2) is 0 Å². The molecule has 1 atom stereocenters. The van der Waals surface area contributed by atoms with E-state index in [4.69, 9.17) is 0 Å². The molecule has 0 bridgehead atoms. The Hall–Kier alpha value is -0.120. The molecule has 1 rings (SSSR count). The van der Waals surface area contributed by atoms with Gasteiger partial charge < -0.3 is 10.0 Å². The number of rotatable bonds is 4. The van der Waals surface area contributed by atoms with Crippen LogP contribution in [0.4, 0.5) is 0 Å². The summed E-state index contributed by atoms with van der Waals surface area (Å²) in [6.07, 6.45) is 2.39. The second-order valence-corrected chi connectivity index (χ2v) is 6.54. The Morgan fingerprint density at radius 3 is 2.53 bits per heavy atom. The van der Waals surface area contributed by atoms with Gasteiger partial charge in [-0.15, -0.1) is 0 Å². The van der Waals surface area contributed by atoms with Crippen LogP contribution in [0.15, 0.2) is 0 Å². The lowest BCUT2D eigenvalue weighted by Crippen LogP contribution is -2.52. The molecule has 3 heteroatoms. The molecule has 0 radical (unpaired) electrons. The Bertz CT molecular complexity index is 228. The first-order valence-electron chi connectivity index (χ1n) is 6.93. The highest BCUT2D eigenvalue weighted by atomic mass is 16.3. The van der Waals surface area contributed by atoms with Gasteiger partial charge >= 0.3 is 0 Å². The van der Waals surface area contributed by atoms with Crippen molar-refractivity contribution >= 4 is 0 Å². The monoisotopic (exact) mass is 242 g/mol. The number of likely N-dealkylation sites (N-methyl/N-ethyl adjacent to an activating group) is 1. The Kier molecular flexibility index (Phi) is 5.42. The van der Waals surface area contributed by atoms with E-state index in [9.17, 15) is 5.11 Å². The van der Waals surface area contributed by atoms with E-state index >= 15 is 0 Å². The summed E-state index contributed by atoms with van der Waals surface area (Å²) >= 11 is 0. The van der Waals surface area contributed by atoms with Crippen LogP contribution in [0.2, 0.25) is 0 Å². The Morgan fingerprint density at radius 1 is 1.35 bits per heavy atom. The van der Waals surface area contributed by atoms with Crippen molar-refractivity contribution in [2.24, 2.45) is 5.92 Å². The van der Waals surface area contributed by atoms with Crippen LogP contribution in [0.1, 0.15) is 40.5 Å². The SMILES string of the molecule is CC(C)CCN1C(CO)CN(C)CCC1(C)C. The number of hydrogen-bond acceptors (Lipinski definition) is 3. The second kappa shape index (κ2) is 6.17. The van der Waals surface area contributed by atoms with E-state index in [-0.39, 0.29) is 18.2 Å². The maximum absolute atomic E-state index is 9.63. The fraction of sp³-hybridized carbons (Fsp3) is 1.00. The number of hydrogen-bond donors (Lipinski definition) is 1. The minimum atomic E-state index is 0.201. The molecule has 0 aromatic heterocycles. The topological polar surface area (TPSA) is 26.7 Å². The molecule has 0 saturated carbocycles. The van der Waals surface area contributed by atoms with Crippen LogP contribution in [0, 0.1) is 5.92 Å². The van der Waals surface area contributed by atoms with Gasteiger partial charge in [-0.1, -0.05) is 13.8 Å². The number of aliphatic hydroxyl groups excluding tert-OH is 1. The second-order valence-electron chi connectivity index (χ2n) is 6.54. The molecule has 17 heavy (non-hydrogen) atoms. The third-order valence-electron chi connectivity index (χ3n) is 4.00. The largest absolute Gasteiger partial charge is 0.395 e. The van der Waals surface area contributed by atoms with Gasteiger partial charge in [-0.2, -0.15) is 0 Å². The first kappa shape index (κ1) is 14.9. The molecular formula is C14H30N2O. The molecule has 1 aliphatic heterocycles. The fourth-order valence-electron chi connectivity index (χ4n) is 2.69. The van der Waals surface area contributed by atoms with E-state index in [0.29, 0.717) is 0 Å². The molecule has 1 heterocycles. The summed E-state index contributed by atoms with van der Waals surface area (Å²) in [6, 6.07) is 0.288. The Balaban J connectivity index is 2.75. The summed E-state index contributed by atoms with van der Waals surface area (Å²) in [7, 11) is 2.16. The van der Waals surface area contributed by atoms with Crippen LogP contribution in [0.25, 0.3) is 0 Å². The molecule has 0 aliphatic carbocycles. The van der Waals surface area contributed by atoms with Gasteiger partial charge in [0.05, 0.1) is 6.61 Å². The summed E-state index contributed by atoms with van der Waals surface area (Å²) in [6.45, 7) is 12.6. The zero-order valence-corrected chi connectivity index (χ0v) is 12.2. The van der Waals surface area contributed by atoms with E-state index in [0.717, 1.165) is 25.6 Å². The van der Waals surface area contributed by atoms with E-state index < -0.39 is 0 Å². The van der Waals surface area contributed by atoms with Crippen molar-refractivity contribution in [1.82, 2.24) is 9.80 Å². The van der Waals surface area contributed by atoms with E-state index in [1.807, 2.05) is 0 Å². The van der Waals surface area contributed by atoms with Gasteiger partial charge in [0.25, 0.3) is 0 Å². The van der Waals surface area contributed by atoms with Crippen molar-refractivity contribution in [3.05, 3.63) is 0 Å². The van der Waals surface area contributed by atoms with Gasteiger partial charge in [0, 0.05) is 18.1 Å². The molecule has 0 aromatic carbocycles. The number of aliphatic hydroxyl groups is 1. The zero-order valence-electron chi connectivity index (χ0n) is 12.2. The van der Waals surface area contributed by atoms with E-state index in [1.54, 1.807) is 0 Å². The van der Waals surface area contributed by atoms with Crippen molar-refractivity contribution in [1.29, 1.82) is 0 Å². The summed E-state index contributed by atoms with van der Waals surface area (Å²) < 4.78 is 0. The molecule has 102 valence electrons. The highest BCUT2D eigenvalue weighted by Crippen LogP contribution is 2.26. The highest BCUT2D eigenvalue weighted by molar-refractivity contribution is 4.91. The Labute approximate surface area is 107 Å².